The molecular formula is C66H66N2O. The summed E-state index contributed by atoms with van der Waals surface area (Å²) in [6.07, 6.45) is 18.2. The molecule has 69 heavy (non-hydrogen) atoms. The van der Waals surface area contributed by atoms with Crippen molar-refractivity contribution in [3.63, 3.8) is 0 Å². The number of hydrogen-bond acceptors (Lipinski definition) is 2. The van der Waals surface area contributed by atoms with Gasteiger partial charge in [0.15, 0.2) is 0 Å². The van der Waals surface area contributed by atoms with Crippen LogP contribution in [0.4, 0.5) is 11.4 Å². The van der Waals surface area contributed by atoms with Gasteiger partial charge in [-0.15, -0.1) is 0 Å². The van der Waals surface area contributed by atoms with Crippen molar-refractivity contribution >= 4 is 44.3 Å². The van der Waals surface area contributed by atoms with Crippen LogP contribution in [-0.4, -0.2) is 16.7 Å². The maximum absolute atomic E-state index is 6.06. The molecule has 10 rings (SSSR count). The minimum Gasteiger partial charge on any atom is -0.491 e. The van der Waals surface area contributed by atoms with Gasteiger partial charge in [0, 0.05) is 27.8 Å². The first-order valence-electron chi connectivity index (χ1n) is 25.2. The van der Waals surface area contributed by atoms with Crippen LogP contribution in [0.3, 0.4) is 0 Å². The monoisotopic (exact) mass is 903 g/mol. The fraction of sp³-hybridized carbons (Fsp3) is 0.242. The van der Waals surface area contributed by atoms with Crippen LogP contribution in [0.15, 0.2) is 200 Å². The molecule has 2 aliphatic rings. The number of rotatable bonds is 13. The zero-order valence-electron chi connectivity index (χ0n) is 41.5. The van der Waals surface area contributed by atoms with Crippen LogP contribution < -0.4 is 9.64 Å². The Morgan fingerprint density at radius 2 is 1.20 bits per heavy atom. The maximum atomic E-state index is 6.06. The Morgan fingerprint density at radius 1 is 0.623 bits per heavy atom. The molecule has 0 saturated carbocycles. The Kier molecular flexibility index (Phi) is 12.9. The van der Waals surface area contributed by atoms with Gasteiger partial charge in [-0.1, -0.05) is 162 Å². The zero-order valence-corrected chi connectivity index (χ0v) is 41.5. The summed E-state index contributed by atoms with van der Waals surface area (Å²) in [5.74, 6) is 2.02. The molecule has 1 heterocycles. The van der Waals surface area contributed by atoms with Crippen molar-refractivity contribution in [2.45, 2.75) is 92.2 Å². The number of hydrogen-bond donors (Lipinski definition) is 0. The van der Waals surface area contributed by atoms with E-state index in [1.807, 2.05) is 0 Å². The Morgan fingerprint density at radius 3 is 1.72 bits per heavy atom. The van der Waals surface area contributed by atoms with E-state index in [9.17, 15) is 0 Å². The van der Waals surface area contributed by atoms with Gasteiger partial charge in [0.25, 0.3) is 0 Å². The minimum atomic E-state index is 0.115. The summed E-state index contributed by atoms with van der Waals surface area (Å²) in [4.78, 5) is 2.51. The number of allylic oxidation sites excluding steroid dienone is 6. The lowest BCUT2D eigenvalue weighted by Crippen LogP contribution is -2.30. The fourth-order valence-electron chi connectivity index (χ4n) is 10.6. The first-order valence-corrected chi connectivity index (χ1v) is 25.2. The van der Waals surface area contributed by atoms with Crippen molar-refractivity contribution in [1.29, 1.82) is 0 Å². The van der Waals surface area contributed by atoms with Crippen LogP contribution in [0.2, 0.25) is 0 Å². The molecule has 0 saturated heterocycles. The van der Waals surface area contributed by atoms with Crippen molar-refractivity contribution in [1.82, 2.24) is 4.57 Å². The predicted molar refractivity (Wildman–Crippen MR) is 296 cm³/mol. The number of aromatic nitrogens is 1. The van der Waals surface area contributed by atoms with Gasteiger partial charge in [0.1, 0.15) is 5.75 Å². The Hall–Kier alpha value is -7.10. The third kappa shape index (κ3) is 9.79. The molecule has 0 amide bonds. The summed E-state index contributed by atoms with van der Waals surface area (Å²) < 4.78 is 8.47. The molecule has 3 heteroatoms. The molecule has 0 aliphatic heterocycles. The van der Waals surface area contributed by atoms with Gasteiger partial charge in [-0.2, -0.15) is 0 Å². The molecule has 0 radical (unpaired) electrons. The molecule has 2 aliphatic carbocycles. The van der Waals surface area contributed by atoms with Crippen molar-refractivity contribution in [3.05, 3.63) is 217 Å². The van der Waals surface area contributed by atoms with E-state index in [4.69, 9.17) is 4.74 Å². The SMILES string of the molecule is CC(C)CC(c1ccc(-c2ccc3c(c2)c2cc(-c4ccc(N(c5ccc(C6=CC=CCC6)cc5)C5C=CC(c6ccccc6)=CC5)cc4)ccc2n3-c2ccc(OC(C)C)cc2)cc1)C(C)(C)C. The highest BCUT2D eigenvalue weighted by molar-refractivity contribution is 6.11. The molecule has 1 aromatic heterocycles. The highest BCUT2D eigenvalue weighted by Gasteiger charge is 2.27. The second-order valence-electron chi connectivity index (χ2n) is 20.9. The van der Waals surface area contributed by atoms with Gasteiger partial charge < -0.3 is 14.2 Å². The molecule has 3 nitrogen and oxygen atoms in total. The lowest BCUT2D eigenvalue weighted by molar-refractivity contribution is 0.242. The quantitative estimate of drug-likeness (QED) is 0.115. The third-order valence-electron chi connectivity index (χ3n) is 14.2. The molecule has 0 bridgehead atoms. The van der Waals surface area contributed by atoms with Crippen molar-refractivity contribution in [3.8, 4) is 33.7 Å². The molecule has 2 atom stereocenters. The first-order chi connectivity index (χ1) is 33.5. The van der Waals surface area contributed by atoms with Crippen LogP contribution in [0.1, 0.15) is 96.8 Å². The Bertz CT molecular complexity index is 3190. The summed E-state index contributed by atoms with van der Waals surface area (Å²) >= 11 is 0. The number of benzene rings is 7. The molecule has 0 N–H and O–H groups in total. The fourth-order valence-corrected chi connectivity index (χ4v) is 10.6. The summed E-state index contributed by atoms with van der Waals surface area (Å²) in [5, 5.41) is 2.47. The van der Waals surface area contributed by atoms with Gasteiger partial charge in [-0.3, -0.25) is 0 Å². The van der Waals surface area contributed by atoms with Crippen molar-refractivity contribution in [2.24, 2.45) is 11.3 Å². The van der Waals surface area contributed by atoms with E-state index in [1.165, 1.54) is 89.7 Å². The molecule has 2 unspecified atom stereocenters. The van der Waals surface area contributed by atoms with Crippen LogP contribution in [0.25, 0.3) is 60.9 Å². The summed E-state index contributed by atoms with van der Waals surface area (Å²) in [6.45, 7) is 15.9. The van der Waals surface area contributed by atoms with Crippen molar-refractivity contribution in [2.75, 3.05) is 4.90 Å². The zero-order chi connectivity index (χ0) is 47.6. The highest BCUT2D eigenvalue weighted by Crippen LogP contribution is 2.42. The van der Waals surface area contributed by atoms with Gasteiger partial charge >= 0.3 is 0 Å². The van der Waals surface area contributed by atoms with E-state index >= 15 is 0 Å². The standard InChI is InChI=1S/C66H66N2O/c1-45(2)42-63(66(5,6)7)53-20-18-51(19-21-53)54-28-40-64-61(43-54)62-44-55(29-41-65(62)68(64)59-36-38-60(39-37-59)69-46(3)4)52-26-34-58(35-27-52)67(56-30-22-49(23-31-56)47-14-10-8-11-15-47)57-32-24-50(25-33-57)48-16-12-9-13-17-48/h8-12,14-16,18-30,32-41,43-46,56,63H,13,17,31,42H2,1-7H3. The van der Waals surface area contributed by atoms with Gasteiger partial charge in [-0.05, 0) is 180 Å². The van der Waals surface area contributed by atoms with E-state index in [0.717, 1.165) is 30.7 Å². The number of anilines is 2. The minimum absolute atomic E-state index is 0.115. The molecule has 7 aromatic carbocycles. The van der Waals surface area contributed by atoms with E-state index in [0.29, 0.717) is 11.8 Å². The maximum Gasteiger partial charge on any atom is 0.119 e. The lowest BCUT2D eigenvalue weighted by Gasteiger charge is -2.33. The molecule has 346 valence electrons. The first kappa shape index (κ1) is 45.7. The van der Waals surface area contributed by atoms with Gasteiger partial charge in [0.2, 0.25) is 0 Å². The molecule has 0 spiro atoms. The topological polar surface area (TPSA) is 17.4 Å². The number of nitrogens with zero attached hydrogens (tertiary/aromatic N) is 2. The summed E-state index contributed by atoms with van der Waals surface area (Å²) in [6, 6.07) is 61.3. The van der Waals surface area contributed by atoms with Crippen LogP contribution in [0, 0.1) is 11.3 Å². The lowest BCUT2D eigenvalue weighted by atomic mass is 9.72. The van der Waals surface area contributed by atoms with Crippen LogP contribution in [0.5, 0.6) is 5.75 Å². The van der Waals surface area contributed by atoms with Crippen LogP contribution in [-0.2, 0) is 0 Å². The largest absolute Gasteiger partial charge is 0.491 e. The highest BCUT2D eigenvalue weighted by atomic mass is 16.5. The normalized spacial score (nSPS) is 15.5. The van der Waals surface area contributed by atoms with Crippen LogP contribution >= 0.6 is 0 Å². The summed E-state index contributed by atoms with van der Waals surface area (Å²) in [7, 11) is 0. The van der Waals surface area contributed by atoms with E-state index in [-0.39, 0.29) is 17.6 Å². The third-order valence-corrected chi connectivity index (χ3v) is 14.2. The summed E-state index contributed by atoms with van der Waals surface area (Å²) in [5.41, 5.74) is 17.5. The molecule has 8 aromatic rings. The van der Waals surface area contributed by atoms with E-state index in [1.54, 1.807) is 0 Å². The predicted octanol–water partition coefficient (Wildman–Crippen LogP) is 18.4. The van der Waals surface area contributed by atoms with Crippen molar-refractivity contribution < 1.29 is 4.74 Å². The second-order valence-corrected chi connectivity index (χ2v) is 20.9. The average molecular weight is 903 g/mol. The van der Waals surface area contributed by atoms with Gasteiger partial charge in [0.05, 0.1) is 23.2 Å². The molecular weight excluding hydrogens is 837 g/mol. The molecule has 0 fully saturated rings. The van der Waals surface area contributed by atoms with E-state index in [2.05, 4.69) is 258 Å². The number of ether oxygens (including phenoxy) is 1. The Labute approximate surface area is 410 Å². The average Bonchev–Trinajstić information content (AvgIpc) is 3.69. The van der Waals surface area contributed by atoms with E-state index < -0.39 is 0 Å². The number of fused-ring (bicyclic) bond motifs is 3. The smallest absolute Gasteiger partial charge is 0.119 e. The van der Waals surface area contributed by atoms with Gasteiger partial charge in [-0.25, -0.2) is 0 Å². The second kappa shape index (κ2) is 19.5. The Balaban J connectivity index is 1.02.